The van der Waals surface area contributed by atoms with Crippen molar-refractivity contribution < 1.29 is 9.59 Å². The molecule has 0 unspecified atom stereocenters. The van der Waals surface area contributed by atoms with E-state index in [4.69, 9.17) is 0 Å². The minimum Gasteiger partial charge on any atom is -0.353 e. The molecule has 0 spiro atoms. The fourth-order valence-electron chi connectivity index (χ4n) is 4.46. The zero-order valence-electron chi connectivity index (χ0n) is 17.3. The van der Waals surface area contributed by atoms with E-state index in [1.54, 1.807) is 0 Å². The van der Waals surface area contributed by atoms with Crippen molar-refractivity contribution in [3.8, 4) is 0 Å². The fourth-order valence-corrected chi connectivity index (χ4v) is 4.46. The minimum atomic E-state index is 0.115. The summed E-state index contributed by atoms with van der Waals surface area (Å²) >= 11 is 0. The number of hydrogen-bond donors (Lipinski definition) is 1. The molecule has 0 atom stereocenters. The number of piperazine rings is 1. The Bertz CT molecular complexity index is 713. The van der Waals surface area contributed by atoms with Gasteiger partial charge in [-0.3, -0.25) is 14.5 Å². The number of hydrogen-bond acceptors (Lipinski definition) is 3. The van der Waals surface area contributed by atoms with Gasteiger partial charge in [0.15, 0.2) is 0 Å². The maximum absolute atomic E-state index is 12.9. The summed E-state index contributed by atoms with van der Waals surface area (Å²) in [6.07, 6.45) is 10.1. The van der Waals surface area contributed by atoms with Crippen LogP contribution in [0.15, 0.2) is 36.4 Å². The van der Waals surface area contributed by atoms with Gasteiger partial charge in [0.05, 0.1) is 0 Å². The Morgan fingerprint density at radius 2 is 1.55 bits per heavy atom. The van der Waals surface area contributed by atoms with E-state index in [0.29, 0.717) is 11.9 Å². The van der Waals surface area contributed by atoms with Gasteiger partial charge >= 0.3 is 0 Å². The van der Waals surface area contributed by atoms with Crippen LogP contribution in [0, 0.1) is 11.8 Å². The van der Waals surface area contributed by atoms with Gasteiger partial charge in [0.25, 0.3) is 0 Å². The molecule has 3 aliphatic rings. The quantitative estimate of drug-likeness (QED) is 0.806. The van der Waals surface area contributed by atoms with Crippen molar-refractivity contribution in [3.05, 3.63) is 42.0 Å². The van der Waals surface area contributed by atoms with Gasteiger partial charge in [0.2, 0.25) is 11.8 Å². The number of amides is 2. The largest absolute Gasteiger partial charge is 0.353 e. The molecule has 3 fully saturated rings. The molecule has 0 radical (unpaired) electrons. The third kappa shape index (κ3) is 5.69. The van der Waals surface area contributed by atoms with Gasteiger partial charge in [-0.1, -0.05) is 42.5 Å². The summed E-state index contributed by atoms with van der Waals surface area (Å²) < 4.78 is 0. The van der Waals surface area contributed by atoms with Crippen LogP contribution in [0.3, 0.4) is 0 Å². The lowest BCUT2D eigenvalue weighted by molar-refractivity contribution is -0.140. The molecule has 1 aliphatic heterocycles. The first-order chi connectivity index (χ1) is 14.2. The smallest absolute Gasteiger partial charge is 0.225 e. The van der Waals surface area contributed by atoms with Gasteiger partial charge < -0.3 is 10.2 Å². The molecule has 2 amide bonds. The van der Waals surface area contributed by atoms with Crippen molar-refractivity contribution in [1.82, 2.24) is 15.1 Å². The minimum absolute atomic E-state index is 0.115. The standard InChI is InChI=1S/C24H33N3O2/c28-23(25-22-12-13-22)20-8-10-21(11-9-20)24(29)27-17-15-26(16-18-27)14-4-7-19-5-2-1-3-6-19/h1-7,20-22H,8-18H2,(H,25,28)/b7-4+. The van der Waals surface area contributed by atoms with Crippen LogP contribution in [0.1, 0.15) is 44.1 Å². The van der Waals surface area contributed by atoms with Crippen molar-refractivity contribution >= 4 is 17.9 Å². The lowest BCUT2D eigenvalue weighted by Crippen LogP contribution is -2.50. The number of carbonyl (C=O) groups is 2. The monoisotopic (exact) mass is 395 g/mol. The first-order valence-corrected chi connectivity index (χ1v) is 11.2. The summed E-state index contributed by atoms with van der Waals surface area (Å²) in [6.45, 7) is 4.44. The highest BCUT2D eigenvalue weighted by Crippen LogP contribution is 2.31. The van der Waals surface area contributed by atoms with Crippen LogP contribution in [-0.4, -0.2) is 60.4 Å². The van der Waals surface area contributed by atoms with Crippen molar-refractivity contribution in [3.63, 3.8) is 0 Å². The summed E-state index contributed by atoms with van der Waals surface area (Å²) in [4.78, 5) is 29.6. The average molecular weight is 396 g/mol. The van der Waals surface area contributed by atoms with Crippen LogP contribution in [0.25, 0.3) is 6.08 Å². The third-order valence-electron chi connectivity index (χ3n) is 6.53. The molecule has 29 heavy (non-hydrogen) atoms. The Kier molecular flexibility index (Phi) is 6.65. The molecule has 1 saturated heterocycles. The molecule has 0 aromatic heterocycles. The first kappa shape index (κ1) is 20.1. The predicted octanol–water partition coefficient (Wildman–Crippen LogP) is 2.93. The van der Waals surface area contributed by atoms with Gasteiger partial charge in [0, 0.05) is 50.6 Å². The molecule has 1 heterocycles. The molecular weight excluding hydrogens is 362 g/mol. The molecule has 5 heteroatoms. The van der Waals surface area contributed by atoms with E-state index in [0.717, 1.165) is 71.2 Å². The zero-order valence-corrected chi connectivity index (χ0v) is 17.3. The number of carbonyl (C=O) groups excluding carboxylic acids is 2. The van der Waals surface area contributed by atoms with Crippen molar-refractivity contribution in [2.75, 3.05) is 32.7 Å². The second kappa shape index (κ2) is 9.57. The fraction of sp³-hybridized carbons (Fsp3) is 0.583. The van der Waals surface area contributed by atoms with Crippen molar-refractivity contribution in [1.29, 1.82) is 0 Å². The normalized spacial score (nSPS) is 25.9. The summed E-state index contributed by atoms with van der Waals surface area (Å²) in [6, 6.07) is 10.8. The summed E-state index contributed by atoms with van der Waals surface area (Å²) in [5.41, 5.74) is 1.22. The summed E-state index contributed by atoms with van der Waals surface area (Å²) in [7, 11) is 0. The Morgan fingerprint density at radius 3 is 2.21 bits per heavy atom. The Balaban J connectivity index is 1.16. The van der Waals surface area contributed by atoms with Crippen molar-refractivity contribution in [2.24, 2.45) is 11.8 Å². The lowest BCUT2D eigenvalue weighted by atomic mass is 9.81. The molecule has 4 rings (SSSR count). The van der Waals surface area contributed by atoms with E-state index in [-0.39, 0.29) is 17.7 Å². The molecule has 2 saturated carbocycles. The number of rotatable bonds is 6. The molecule has 1 aromatic carbocycles. The zero-order chi connectivity index (χ0) is 20.1. The number of nitrogens with zero attached hydrogens (tertiary/aromatic N) is 2. The van der Waals surface area contributed by atoms with Crippen LogP contribution in [0.2, 0.25) is 0 Å². The van der Waals surface area contributed by atoms with E-state index in [1.165, 1.54) is 5.56 Å². The van der Waals surface area contributed by atoms with Crippen molar-refractivity contribution in [2.45, 2.75) is 44.6 Å². The molecule has 0 bridgehead atoms. The first-order valence-electron chi connectivity index (χ1n) is 11.2. The maximum atomic E-state index is 12.9. The third-order valence-corrected chi connectivity index (χ3v) is 6.53. The molecule has 156 valence electrons. The lowest BCUT2D eigenvalue weighted by Gasteiger charge is -2.37. The topological polar surface area (TPSA) is 52.7 Å². The highest BCUT2D eigenvalue weighted by Gasteiger charge is 2.34. The maximum Gasteiger partial charge on any atom is 0.225 e. The van der Waals surface area contributed by atoms with Crippen LogP contribution in [0.4, 0.5) is 0 Å². The SMILES string of the molecule is O=C(NC1CC1)C1CCC(C(=O)N2CCN(C/C=C/c3ccccc3)CC2)CC1. The van der Waals surface area contributed by atoms with Gasteiger partial charge in [0.1, 0.15) is 0 Å². The van der Waals surface area contributed by atoms with E-state index in [1.807, 2.05) is 11.0 Å². The van der Waals surface area contributed by atoms with Gasteiger partial charge in [-0.15, -0.1) is 0 Å². The number of benzene rings is 1. The Hall–Kier alpha value is -2.14. The van der Waals surface area contributed by atoms with Gasteiger partial charge in [-0.05, 0) is 44.1 Å². The Labute approximate surface area is 174 Å². The second-order valence-electron chi connectivity index (χ2n) is 8.77. The highest BCUT2D eigenvalue weighted by atomic mass is 16.2. The molecule has 1 N–H and O–H groups in total. The van der Waals surface area contributed by atoms with Crippen LogP contribution in [0.5, 0.6) is 0 Å². The van der Waals surface area contributed by atoms with Crippen LogP contribution >= 0.6 is 0 Å². The number of nitrogens with one attached hydrogen (secondary N) is 1. The average Bonchev–Trinajstić information content (AvgIpc) is 3.59. The molecular formula is C24H33N3O2. The molecule has 5 nitrogen and oxygen atoms in total. The summed E-state index contributed by atoms with van der Waals surface area (Å²) in [5, 5.41) is 3.12. The van der Waals surface area contributed by atoms with Crippen LogP contribution < -0.4 is 5.32 Å². The van der Waals surface area contributed by atoms with E-state index < -0.39 is 0 Å². The molecule has 1 aromatic rings. The van der Waals surface area contributed by atoms with Crippen LogP contribution in [-0.2, 0) is 9.59 Å². The van der Waals surface area contributed by atoms with Gasteiger partial charge in [-0.2, -0.15) is 0 Å². The Morgan fingerprint density at radius 1 is 0.897 bits per heavy atom. The van der Waals surface area contributed by atoms with E-state index >= 15 is 0 Å². The molecule has 2 aliphatic carbocycles. The van der Waals surface area contributed by atoms with E-state index in [2.05, 4.69) is 46.6 Å². The van der Waals surface area contributed by atoms with E-state index in [9.17, 15) is 9.59 Å². The second-order valence-corrected chi connectivity index (χ2v) is 8.77. The van der Waals surface area contributed by atoms with Gasteiger partial charge in [-0.25, -0.2) is 0 Å². The summed E-state index contributed by atoms with van der Waals surface area (Å²) in [5.74, 6) is 0.763. The predicted molar refractivity (Wildman–Crippen MR) is 115 cm³/mol. The highest BCUT2D eigenvalue weighted by molar-refractivity contribution is 5.81.